The van der Waals surface area contributed by atoms with Crippen molar-refractivity contribution in [3.63, 3.8) is 0 Å². The highest BCUT2D eigenvalue weighted by atomic mass is 16.3. The number of nitrogens with one attached hydrogen (secondary N) is 1. The summed E-state index contributed by atoms with van der Waals surface area (Å²) >= 11 is 0. The topological polar surface area (TPSA) is 72.9 Å². The molecule has 0 saturated carbocycles. The number of likely N-dealkylation sites (N-methyl/N-ethyl adjacent to an activating group) is 2. The molecule has 0 radical (unpaired) electrons. The standard InChI is InChI=1S/C13H25N3O3/c1-8(11-10(9(2)17)12(18)14-11)13(19)16(5)7-6-15(3)4/h8-11,17H,6-7H2,1-5H3,(H,14,18)/t8?,9-,10-,11-/m1/s1. The molecule has 6 heteroatoms. The van der Waals surface area contributed by atoms with Gasteiger partial charge in [0.05, 0.1) is 24.0 Å². The van der Waals surface area contributed by atoms with Crippen molar-refractivity contribution in [3.05, 3.63) is 0 Å². The third-order valence-electron chi connectivity index (χ3n) is 3.71. The van der Waals surface area contributed by atoms with Gasteiger partial charge in [-0.2, -0.15) is 0 Å². The highest BCUT2D eigenvalue weighted by Crippen LogP contribution is 2.26. The van der Waals surface area contributed by atoms with Crippen molar-refractivity contribution in [1.82, 2.24) is 15.1 Å². The van der Waals surface area contributed by atoms with Gasteiger partial charge in [-0.25, -0.2) is 0 Å². The maximum atomic E-state index is 12.2. The van der Waals surface area contributed by atoms with E-state index in [4.69, 9.17) is 0 Å². The van der Waals surface area contributed by atoms with Crippen LogP contribution >= 0.6 is 0 Å². The fourth-order valence-corrected chi connectivity index (χ4v) is 2.33. The van der Waals surface area contributed by atoms with Crippen LogP contribution in [0.4, 0.5) is 0 Å². The lowest BCUT2D eigenvalue weighted by Gasteiger charge is -2.42. The molecule has 1 saturated heterocycles. The zero-order valence-corrected chi connectivity index (χ0v) is 12.4. The zero-order valence-electron chi connectivity index (χ0n) is 12.4. The first kappa shape index (κ1) is 15.9. The number of rotatable bonds is 6. The lowest BCUT2D eigenvalue weighted by molar-refractivity contribution is -0.148. The molecule has 1 rings (SSSR count). The van der Waals surface area contributed by atoms with Gasteiger partial charge in [-0.15, -0.1) is 0 Å². The number of carbonyl (C=O) groups excluding carboxylic acids is 2. The van der Waals surface area contributed by atoms with Crippen LogP contribution in [0.2, 0.25) is 0 Å². The van der Waals surface area contributed by atoms with E-state index in [0.29, 0.717) is 6.54 Å². The molecule has 0 aromatic rings. The minimum atomic E-state index is -0.721. The van der Waals surface area contributed by atoms with Gasteiger partial charge in [0.25, 0.3) is 0 Å². The van der Waals surface area contributed by atoms with E-state index in [1.807, 2.05) is 19.0 Å². The number of aliphatic hydroxyl groups excluding tert-OH is 1. The van der Waals surface area contributed by atoms with Crippen molar-refractivity contribution in [2.24, 2.45) is 11.8 Å². The van der Waals surface area contributed by atoms with E-state index in [0.717, 1.165) is 6.54 Å². The summed E-state index contributed by atoms with van der Waals surface area (Å²) in [7, 11) is 5.68. The largest absolute Gasteiger partial charge is 0.393 e. The van der Waals surface area contributed by atoms with Gasteiger partial charge in [-0.3, -0.25) is 9.59 Å². The molecule has 0 aromatic carbocycles. The molecular weight excluding hydrogens is 246 g/mol. The number of amides is 2. The highest BCUT2D eigenvalue weighted by Gasteiger charge is 2.47. The minimum Gasteiger partial charge on any atom is -0.393 e. The number of β-lactam (4-membered cyclic amide) rings is 1. The van der Waals surface area contributed by atoms with Gasteiger partial charge in [0.15, 0.2) is 0 Å². The van der Waals surface area contributed by atoms with Gasteiger partial charge in [0.2, 0.25) is 11.8 Å². The summed E-state index contributed by atoms with van der Waals surface area (Å²) < 4.78 is 0. The normalized spacial score (nSPS) is 25.5. The second kappa shape index (κ2) is 6.34. The minimum absolute atomic E-state index is 0.00231. The summed E-state index contributed by atoms with van der Waals surface area (Å²) in [5, 5.41) is 12.3. The Morgan fingerprint density at radius 3 is 2.32 bits per heavy atom. The molecule has 4 atom stereocenters. The molecule has 1 aliphatic rings. The Hall–Kier alpha value is -1.14. The number of aliphatic hydroxyl groups is 1. The number of nitrogens with zero attached hydrogens (tertiary/aromatic N) is 2. The molecule has 2 N–H and O–H groups in total. The lowest BCUT2D eigenvalue weighted by Crippen LogP contribution is -2.66. The van der Waals surface area contributed by atoms with Crippen LogP contribution in [0.5, 0.6) is 0 Å². The van der Waals surface area contributed by atoms with E-state index in [2.05, 4.69) is 5.32 Å². The van der Waals surface area contributed by atoms with E-state index >= 15 is 0 Å². The zero-order chi connectivity index (χ0) is 14.7. The molecule has 1 unspecified atom stereocenters. The molecular formula is C13H25N3O3. The maximum absolute atomic E-state index is 12.2. The van der Waals surface area contributed by atoms with Crippen LogP contribution in [-0.4, -0.2) is 73.1 Å². The molecule has 19 heavy (non-hydrogen) atoms. The Balaban J connectivity index is 2.55. The molecule has 110 valence electrons. The smallest absolute Gasteiger partial charge is 0.228 e. The van der Waals surface area contributed by atoms with Gasteiger partial charge in [-0.05, 0) is 21.0 Å². The number of hydrogen-bond donors (Lipinski definition) is 2. The molecule has 0 bridgehead atoms. The summed E-state index contributed by atoms with van der Waals surface area (Å²) in [5.41, 5.74) is 0. The predicted octanol–water partition coefficient (Wildman–Crippen LogP) is -0.862. The molecule has 2 amide bonds. The second-order valence-corrected chi connectivity index (χ2v) is 5.65. The highest BCUT2D eigenvalue weighted by molar-refractivity contribution is 5.90. The quantitative estimate of drug-likeness (QED) is 0.617. The molecule has 1 aliphatic heterocycles. The molecule has 0 aliphatic carbocycles. The van der Waals surface area contributed by atoms with Gasteiger partial charge < -0.3 is 20.2 Å². The Morgan fingerprint density at radius 1 is 1.32 bits per heavy atom. The second-order valence-electron chi connectivity index (χ2n) is 5.65. The van der Waals surface area contributed by atoms with Gasteiger partial charge >= 0.3 is 0 Å². The fraction of sp³-hybridized carbons (Fsp3) is 0.846. The van der Waals surface area contributed by atoms with Crippen molar-refractivity contribution in [1.29, 1.82) is 0 Å². The molecule has 0 spiro atoms. The van der Waals surface area contributed by atoms with E-state index in [-0.39, 0.29) is 23.8 Å². The van der Waals surface area contributed by atoms with Crippen LogP contribution in [0.25, 0.3) is 0 Å². The van der Waals surface area contributed by atoms with Crippen LogP contribution in [0.1, 0.15) is 13.8 Å². The van der Waals surface area contributed by atoms with Crippen molar-refractivity contribution in [2.45, 2.75) is 26.0 Å². The first-order valence-electron chi connectivity index (χ1n) is 6.63. The van der Waals surface area contributed by atoms with Crippen LogP contribution < -0.4 is 5.32 Å². The summed E-state index contributed by atoms with van der Waals surface area (Å²) in [6.07, 6.45) is -0.721. The van der Waals surface area contributed by atoms with E-state index < -0.39 is 12.0 Å². The van der Waals surface area contributed by atoms with Crippen molar-refractivity contribution < 1.29 is 14.7 Å². The summed E-state index contributed by atoms with van der Waals surface area (Å²) in [4.78, 5) is 27.3. The average Bonchev–Trinajstić information content (AvgIpc) is 2.29. The van der Waals surface area contributed by atoms with E-state index in [1.165, 1.54) is 0 Å². The SMILES string of the molecule is CC(C(=O)N(C)CCN(C)C)[C@H]1NC(=O)[C@@H]1[C@@H](C)O. The molecule has 1 fully saturated rings. The van der Waals surface area contributed by atoms with Gasteiger partial charge in [0.1, 0.15) is 0 Å². The maximum Gasteiger partial charge on any atom is 0.228 e. The van der Waals surface area contributed by atoms with Gasteiger partial charge in [0, 0.05) is 20.1 Å². The Morgan fingerprint density at radius 2 is 1.89 bits per heavy atom. The molecule has 6 nitrogen and oxygen atoms in total. The average molecular weight is 271 g/mol. The monoisotopic (exact) mass is 271 g/mol. The third kappa shape index (κ3) is 3.67. The predicted molar refractivity (Wildman–Crippen MR) is 72.5 cm³/mol. The first-order chi connectivity index (χ1) is 8.75. The fourth-order valence-electron chi connectivity index (χ4n) is 2.33. The van der Waals surface area contributed by atoms with Crippen LogP contribution in [0, 0.1) is 11.8 Å². The molecule has 0 aromatic heterocycles. The van der Waals surface area contributed by atoms with Crippen LogP contribution in [0.3, 0.4) is 0 Å². The Labute approximate surface area is 114 Å². The summed E-state index contributed by atoms with van der Waals surface area (Å²) in [6.45, 7) is 4.83. The van der Waals surface area contributed by atoms with E-state index in [9.17, 15) is 14.7 Å². The molecule has 1 heterocycles. The summed E-state index contributed by atoms with van der Waals surface area (Å²) in [6, 6.07) is -0.262. The lowest BCUT2D eigenvalue weighted by atomic mass is 9.78. The van der Waals surface area contributed by atoms with Crippen molar-refractivity contribution >= 4 is 11.8 Å². The van der Waals surface area contributed by atoms with E-state index in [1.54, 1.807) is 25.8 Å². The van der Waals surface area contributed by atoms with Crippen molar-refractivity contribution in [3.8, 4) is 0 Å². The Bertz CT molecular complexity index is 344. The van der Waals surface area contributed by atoms with Gasteiger partial charge in [-0.1, -0.05) is 6.92 Å². The number of hydrogen-bond acceptors (Lipinski definition) is 4. The Kier molecular flexibility index (Phi) is 5.31. The summed E-state index contributed by atoms with van der Waals surface area (Å²) in [5.74, 6) is -0.959. The third-order valence-corrected chi connectivity index (χ3v) is 3.71. The first-order valence-corrected chi connectivity index (χ1v) is 6.63. The van der Waals surface area contributed by atoms with Crippen LogP contribution in [-0.2, 0) is 9.59 Å². The van der Waals surface area contributed by atoms with Crippen molar-refractivity contribution in [2.75, 3.05) is 34.2 Å². The number of carbonyl (C=O) groups is 2. The van der Waals surface area contributed by atoms with Crippen LogP contribution in [0.15, 0.2) is 0 Å².